The average molecular weight is 352 g/mol. The van der Waals surface area contributed by atoms with E-state index in [0.29, 0.717) is 15.7 Å². The number of nitrogens with one attached hydrogen (secondary N) is 2. The van der Waals surface area contributed by atoms with Crippen LogP contribution in [0.25, 0.3) is 0 Å². The van der Waals surface area contributed by atoms with Crippen LogP contribution in [-0.4, -0.2) is 28.3 Å². The predicted molar refractivity (Wildman–Crippen MR) is 87.8 cm³/mol. The highest BCUT2D eigenvalue weighted by molar-refractivity contribution is 6.42. The molecule has 120 valence electrons. The standard InChI is InChI=1S/C16H15Cl2N3O2/c17-10-2-1-9(5-11(10)18)21-16(22)15-13-4-3-12(23-13)14(15)8-6-19-20-7-8/h1-2,5-7,12-15H,3-4H2,(H,19,20)(H,21,22)/t12-,13+,14-,15-/m0/s1. The van der Waals surface area contributed by atoms with Gasteiger partial charge in [0.15, 0.2) is 0 Å². The fourth-order valence-corrected chi connectivity index (χ4v) is 3.97. The number of H-pyrrole nitrogens is 1. The number of anilines is 1. The third-order valence-corrected chi connectivity index (χ3v) is 5.41. The molecule has 1 aromatic heterocycles. The summed E-state index contributed by atoms with van der Waals surface area (Å²) >= 11 is 11.9. The summed E-state index contributed by atoms with van der Waals surface area (Å²) in [7, 11) is 0. The van der Waals surface area contributed by atoms with Gasteiger partial charge in [-0.25, -0.2) is 0 Å². The molecule has 2 N–H and O–H groups in total. The van der Waals surface area contributed by atoms with E-state index in [2.05, 4.69) is 15.5 Å². The van der Waals surface area contributed by atoms with Crippen LogP contribution >= 0.6 is 23.2 Å². The van der Waals surface area contributed by atoms with Gasteiger partial charge < -0.3 is 10.1 Å². The van der Waals surface area contributed by atoms with Crippen molar-refractivity contribution in [3.63, 3.8) is 0 Å². The maximum absolute atomic E-state index is 12.8. The molecule has 2 fully saturated rings. The molecule has 23 heavy (non-hydrogen) atoms. The van der Waals surface area contributed by atoms with Crippen LogP contribution in [0.15, 0.2) is 30.6 Å². The lowest BCUT2D eigenvalue weighted by atomic mass is 9.76. The van der Waals surface area contributed by atoms with Gasteiger partial charge in [0.25, 0.3) is 0 Å². The number of carbonyl (C=O) groups is 1. The number of amides is 1. The first-order chi connectivity index (χ1) is 11.1. The minimum Gasteiger partial charge on any atom is -0.373 e. The predicted octanol–water partition coefficient (Wildman–Crippen LogP) is 3.62. The lowest BCUT2D eigenvalue weighted by Gasteiger charge is -2.26. The van der Waals surface area contributed by atoms with Crippen LogP contribution in [0, 0.1) is 5.92 Å². The van der Waals surface area contributed by atoms with E-state index in [9.17, 15) is 4.79 Å². The van der Waals surface area contributed by atoms with E-state index < -0.39 is 0 Å². The van der Waals surface area contributed by atoms with Gasteiger partial charge in [0.05, 0.1) is 34.4 Å². The fraction of sp³-hybridized carbons (Fsp3) is 0.375. The van der Waals surface area contributed by atoms with Gasteiger partial charge in [-0.2, -0.15) is 5.10 Å². The molecular weight excluding hydrogens is 337 g/mol. The SMILES string of the molecule is O=C(Nc1ccc(Cl)c(Cl)c1)[C@@H]1[C@@H](c2cn[nH]c2)[C@@H]2CC[C@H]1O2. The van der Waals surface area contributed by atoms with Crippen molar-refractivity contribution < 1.29 is 9.53 Å². The Hall–Kier alpha value is -1.56. The fourth-order valence-electron chi connectivity index (χ4n) is 3.68. The zero-order valence-electron chi connectivity index (χ0n) is 12.1. The van der Waals surface area contributed by atoms with Crippen molar-refractivity contribution in [3.8, 4) is 0 Å². The van der Waals surface area contributed by atoms with Gasteiger partial charge in [-0.3, -0.25) is 9.89 Å². The third-order valence-electron chi connectivity index (χ3n) is 4.67. The maximum atomic E-state index is 12.8. The first-order valence-corrected chi connectivity index (χ1v) is 8.29. The molecule has 0 aliphatic carbocycles. The Kier molecular flexibility index (Phi) is 3.79. The lowest BCUT2D eigenvalue weighted by Crippen LogP contribution is -2.35. The molecule has 4 rings (SSSR count). The number of aromatic amines is 1. The van der Waals surface area contributed by atoms with E-state index in [0.717, 1.165) is 18.4 Å². The molecule has 2 bridgehead atoms. The van der Waals surface area contributed by atoms with Gasteiger partial charge in [-0.05, 0) is 36.6 Å². The number of rotatable bonds is 3. The Morgan fingerprint density at radius 2 is 2.09 bits per heavy atom. The average Bonchev–Trinajstić information content (AvgIpc) is 3.25. The second-order valence-corrected chi connectivity index (χ2v) is 6.81. The van der Waals surface area contributed by atoms with Crippen LogP contribution in [-0.2, 0) is 9.53 Å². The topological polar surface area (TPSA) is 67.0 Å². The Balaban J connectivity index is 1.58. The van der Waals surface area contributed by atoms with E-state index in [4.69, 9.17) is 27.9 Å². The maximum Gasteiger partial charge on any atom is 0.230 e. The number of ether oxygens (including phenoxy) is 1. The Bertz CT molecular complexity index is 735. The second-order valence-electron chi connectivity index (χ2n) is 5.99. The van der Waals surface area contributed by atoms with Crippen molar-refractivity contribution in [3.05, 3.63) is 46.2 Å². The van der Waals surface area contributed by atoms with E-state index in [1.54, 1.807) is 24.4 Å². The molecule has 3 heterocycles. The number of fused-ring (bicyclic) bond motifs is 2. The van der Waals surface area contributed by atoms with E-state index in [1.165, 1.54) is 0 Å². The molecule has 0 radical (unpaired) electrons. The lowest BCUT2D eigenvalue weighted by molar-refractivity contribution is -0.121. The van der Waals surface area contributed by atoms with Gasteiger partial charge in [0.1, 0.15) is 0 Å². The molecule has 1 amide bonds. The summed E-state index contributed by atoms with van der Waals surface area (Å²) in [6.45, 7) is 0. The number of carbonyl (C=O) groups excluding carboxylic acids is 1. The second kappa shape index (κ2) is 5.82. The molecule has 0 spiro atoms. The normalized spacial score (nSPS) is 29.0. The minimum absolute atomic E-state index is 0.0373. The van der Waals surface area contributed by atoms with Crippen LogP contribution in [0.5, 0.6) is 0 Å². The summed E-state index contributed by atoms with van der Waals surface area (Å²) in [5, 5.41) is 10.6. The first-order valence-electron chi connectivity index (χ1n) is 7.53. The van der Waals surface area contributed by atoms with Crippen molar-refractivity contribution in [1.29, 1.82) is 0 Å². The highest BCUT2D eigenvalue weighted by Crippen LogP contribution is 2.49. The molecule has 2 aromatic rings. The zero-order chi connectivity index (χ0) is 16.0. The van der Waals surface area contributed by atoms with Crippen LogP contribution in [0.4, 0.5) is 5.69 Å². The van der Waals surface area contributed by atoms with Crippen LogP contribution < -0.4 is 5.32 Å². The highest BCUT2D eigenvalue weighted by atomic mass is 35.5. The molecule has 2 aliphatic heterocycles. The smallest absolute Gasteiger partial charge is 0.230 e. The number of hydrogen-bond acceptors (Lipinski definition) is 3. The van der Waals surface area contributed by atoms with Crippen molar-refractivity contribution in [2.45, 2.75) is 31.0 Å². The van der Waals surface area contributed by atoms with Crippen LogP contribution in [0.1, 0.15) is 24.3 Å². The van der Waals surface area contributed by atoms with Crippen molar-refractivity contribution >= 4 is 34.8 Å². The summed E-state index contributed by atoms with van der Waals surface area (Å²) < 4.78 is 5.97. The molecular formula is C16H15Cl2N3O2. The van der Waals surface area contributed by atoms with E-state index >= 15 is 0 Å². The van der Waals surface area contributed by atoms with Crippen molar-refractivity contribution in [2.24, 2.45) is 5.92 Å². The van der Waals surface area contributed by atoms with E-state index in [-0.39, 0.29) is 30.0 Å². The van der Waals surface area contributed by atoms with Crippen LogP contribution in [0.3, 0.4) is 0 Å². The molecule has 2 saturated heterocycles. The molecule has 0 saturated carbocycles. The molecule has 5 nitrogen and oxygen atoms in total. The molecule has 0 unspecified atom stereocenters. The van der Waals surface area contributed by atoms with E-state index in [1.807, 2.05) is 6.20 Å². The third kappa shape index (κ3) is 2.63. The summed E-state index contributed by atoms with van der Waals surface area (Å²) in [4.78, 5) is 12.8. The number of benzene rings is 1. The first kappa shape index (κ1) is 15.0. The minimum atomic E-state index is -0.221. The highest BCUT2D eigenvalue weighted by Gasteiger charge is 2.53. The van der Waals surface area contributed by atoms with Gasteiger partial charge in [0.2, 0.25) is 5.91 Å². The Morgan fingerprint density at radius 1 is 1.26 bits per heavy atom. The summed E-state index contributed by atoms with van der Waals surface area (Å²) in [5.74, 6) is -0.238. The summed E-state index contributed by atoms with van der Waals surface area (Å²) in [6.07, 6.45) is 5.56. The van der Waals surface area contributed by atoms with Gasteiger partial charge in [0, 0.05) is 17.8 Å². The Labute approximate surface area is 143 Å². The van der Waals surface area contributed by atoms with Gasteiger partial charge in [-0.15, -0.1) is 0 Å². The van der Waals surface area contributed by atoms with Crippen molar-refractivity contribution in [1.82, 2.24) is 10.2 Å². The molecule has 2 aliphatic rings. The number of nitrogens with zero attached hydrogens (tertiary/aromatic N) is 1. The monoisotopic (exact) mass is 351 g/mol. The molecule has 7 heteroatoms. The molecule has 4 atom stereocenters. The quantitative estimate of drug-likeness (QED) is 0.887. The van der Waals surface area contributed by atoms with Gasteiger partial charge in [-0.1, -0.05) is 23.2 Å². The number of halogens is 2. The van der Waals surface area contributed by atoms with Gasteiger partial charge >= 0.3 is 0 Å². The largest absolute Gasteiger partial charge is 0.373 e. The number of hydrogen-bond donors (Lipinski definition) is 2. The zero-order valence-corrected chi connectivity index (χ0v) is 13.6. The Morgan fingerprint density at radius 3 is 2.83 bits per heavy atom. The molecule has 1 aromatic carbocycles. The van der Waals surface area contributed by atoms with Crippen LogP contribution in [0.2, 0.25) is 10.0 Å². The van der Waals surface area contributed by atoms with Crippen molar-refractivity contribution in [2.75, 3.05) is 5.32 Å². The number of aromatic nitrogens is 2. The summed E-state index contributed by atoms with van der Waals surface area (Å²) in [6, 6.07) is 5.07. The summed E-state index contributed by atoms with van der Waals surface area (Å²) in [5.41, 5.74) is 1.66.